The molecule has 0 bridgehead atoms. The van der Waals surface area contributed by atoms with Gasteiger partial charge in [-0.15, -0.1) is 11.3 Å². The summed E-state index contributed by atoms with van der Waals surface area (Å²) in [6.07, 6.45) is 1.79. The van der Waals surface area contributed by atoms with Gasteiger partial charge in [0.05, 0.1) is 12.1 Å². The van der Waals surface area contributed by atoms with E-state index in [9.17, 15) is 13.2 Å². The molecule has 1 amide bonds. The number of rotatable bonds is 6. The lowest BCUT2D eigenvalue weighted by Gasteiger charge is -2.13. The first-order valence-corrected chi connectivity index (χ1v) is 12.4. The van der Waals surface area contributed by atoms with E-state index in [4.69, 9.17) is 16.3 Å². The van der Waals surface area contributed by atoms with Gasteiger partial charge in [0.15, 0.2) is 0 Å². The summed E-state index contributed by atoms with van der Waals surface area (Å²) in [4.78, 5) is 13.5. The first kappa shape index (κ1) is 21.8. The van der Waals surface area contributed by atoms with Crippen LogP contribution in [-0.2, 0) is 10.0 Å². The Morgan fingerprint density at radius 3 is 2.58 bits per heavy atom. The van der Waals surface area contributed by atoms with Gasteiger partial charge in [0.1, 0.15) is 9.96 Å². The Morgan fingerprint density at radius 2 is 1.87 bits per heavy atom. The highest BCUT2D eigenvalue weighted by Crippen LogP contribution is 2.34. The molecule has 0 atom stereocenters. The van der Waals surface area contributed by atoms with E-state index < -0.39 is 10.0 Å². The Labute approximate surface area is 190 Å². The number of nitrogens with one attached hydrogen (secondary N) is 1. The third-order valence-electron chi connectivity index (χ3n) is 5.06. The molecule has 0 spiro atoms. The van der Waals surface area contributed by atoms with Gasteiger partial charge in [0, 0.05) is 29.2 Å². The van der Waals surface area contributed by atoms with Gasteiger partial charge in [-0.05, 0) is 60.9 Å². The maximum Gasteiger partial charge on any atom is 0.255 e. The number of ether oxygens (including phenoxy) is 1. The zero-order valence-corrected chi connectivity index (χ0v) is 19.2. The topological polar surface area (TPSA) is 75.7 Å². The molecule has 1 N–H and O–H groups in total. The minimum absolute atomic E-state index is 0.287. The molecule has 1 fully saturated rings. The summed E-state index contributed by atoms with van der Waals surface area (Å²) < 4.78 is 32.5. The van der Waals surface area contributed by atoms with Crippen molar-refractivity contribution in [1.29, 1.82) is 0 Å². The molecular weight excluding hydrogens is 456 g/mol. The van der Waals surface area contributed by atoms with Crippen molar-refractivity contribution in [2.75, 3.05) is 25.5 Å². The fourth-order valence-electron chi connectivity index (χ4n) is 3.43. The summed E-state index contributed by atoms with van der Waals surface area (Å²) >= 11 is 7.34. The molecule has 0 saturated carbocycles. The first-order chi connectivity index (χ1) is 14.9. The number of amides is 1. The standard InChI is InChI=1S/C22H21ClN2O4S2/c1-29-19-8-7-17(14-18(19)23)24-22(26)16-6-4-5-15(13-16)20-9-10-21(30-20)31(27,28)25-11-2-3-12-25/h4-10,13-14H,2-3,11-12H2,1H3,(H,24,26). The van der Waals surface area contributed by atoms with Crippen molar-refractivity contribution < 1.29 is 17.9 Å². The second kappa shape index (κ2) is 9.00. The van der Waals surface area contributed by atoms with Crippen LogP contribution in [0.3, 0.4) is 0 Å². The quantitative estimate of drug-likeness (QED) is 0.536. The maximum atomic E-state index is 12.8. The fraction of sp³-hybridized carbons (Fsp3) is 0.227. The van der Waals surface area contributed by atoms with Crippen LogP contribution in [0.2, 0.25) is 5.02 Å². The van der Waals surface area contributed by atoms with Gasteiger partial charge < -0.3 is 10.1 Å². The number of methoxy groups -OCH3 is 1. The van der Waals surface area contributed by atoms with Crippen molar-refractivity contribution >= 4 is 44.6 Å². The van der Waals surface area contributed by atoms with Gasteiger partial charge >= 0.3 is 0 Å². The molecule has 6 nitrogen and oxygen atoms in total. The third kappa shape index (κ3) is 4.62. The van der Waals surface area contributed by atoms with Crippen molar-refractivity contribution in [3.63, 3.8) is 0 Å². The minimum atomic E-state index is -3.45. The van der Waals surface area contributed by atoms with Gasteiger partial charge in [0.2, 0.25) is 0 Å². The lowest BCUT2D eigenvalue weighted by atomic mass is 10.1. The number of hydrogen-bond donors (Lipinski definition) is 1. The number of carbonyl (C=O) groups is 1. The van der Waals surface area contributed by atoms with Gasteiger partial charge in [-0.3, -0.25) is 4.79 Å². The molecule has 4 rings (SSSR count). The van der Waals surface area contributed by atoms with Crippen LogP contribution < -0.4 is 10.1 Å². The molecule has 2 heterocycles. The van der Waals surface area contributed by atoms with E-state index >= 15 is 0 Å². The highest BCUT2D eigenvalue weighted by Gasteiger charge is 2.28. The second-order valence-corrected chi connectivity index (χ2v) is 10.8. The van der Waals surface area contributed by atoms with Crippen LogP contribution >= 0.6 is 22.9 Å². The zero-order chi connectivity index (χ0) is 22.0. The van der Waals surface area contributed by atoms with E-state index in [1.165, 1.54) is 22.8 Å². The van der Waals surface area contributed by atoms with Crippen molar-refractivity contribution in [2.24, 2.45) is 0 Å². The van der Waals surface area contributed by atoms with E-state index in [0.717, 1.165) is 23.3 Å². The number of sulfonamides is 1. The Bertz CT molecular complexity index is 1220. The van der Waals surface area contributed by atoms with Crippen molar-refractivity contribution in [2.45, 2.75) is 17.1 Å². The molecule has 1 aliphatic heterocycles. The van der Waals surface area contributed by atoms with Gasteiger partial charge in [-0.25, -0.2) is 8.42 Å². The summed E-state index contributed by atoms with van der Waals surface area (Å²) in [7, 11) is -1.93. The van der Waals surface area contributed by atoms with Crippen LogP contribution in [0.25, 0.3) is 10.4 Å². The normalized spacial score (nSPS) is 14.5. The average molecular weight is 477 g/mol. The van der Waals surface area contributed by atoms with Gasteiger partial charge in [-0.2, -0.15) is 4.31 Å². The van der Waals surface area contributed by atoms with Crippen LogP contribution in [0.5, 0.6) is 5.75 Å². The summed E-state index contributed by atoms with van der Waals surface area (Å²) in [6, 6.07) is 15.5. The molecule has 1 aliphatic rings. The molecule has 1 saturated heterocycles. The van der Waals surface area contributed by atoms with E-state index in [2.05, 4.69) is 5.32 Å². The van der Waals surface area contributed by atoms with Crippen LogP contribution in [0, 0.1) is 0 Å². The maximum absolute atomic E-state index is 12.8. The van der Waals surface area contributed by atoms with E-state index in [1.54, 1.807) is 48.5 Å². The number of nitrogens with zero attached hydrogens (tertiary/aromatic N) is 1. The fourth-order valence-corrected chi connectivity index (χ4v) is 6.66. The highest BCUT2D eigenvalue weighted by atomic mass is 35.5. The molecule has 0 radical (unpaired) electrons. The number of hydrogen-bond acceptors (Lipinski definition) is 5. The van der Waals surface area contributed by atoms with E-state index in [-0.39, 0.29) is 5.91 Å². The molecule has 9 heteroatoms. The molecule has 162 valence electrons. The van der Waals surface area contributed by atoms with Crippen LogP contribution in [0.1, 0.15) is 23.2 Å². The lowest BCUT2D eigenvalue weighted by Crippen LogP contribution is -2.27. The van der Waals surface area contributed by atoms with Gasteiger partial charge in [0.25, 0.3) is 15.9 Å². The Morgan fingerprint density at radius 1 is 1.10 bits per heavy atom. The van der Waals surface area contributed by atoms with Crippen molar-refractivity contribution in [3.05, 3.63) is 65.2 Å². The third-order valence-corrected chi connectivity index (χ3v) is 8.86. The summed E-state index contributed by atoms with van der Waals surface area (Å²) in [5.41, 5.74) is 1.80. The van der Waals surface area contributed by atoms with E-state index in [1.807, 2.05) is 6.07 Å². The molecular formula is C22H21ClN2O4S2. The predicted molar refractivity (Wildman–Crippen MR) is 124 cm³/mol. The van der Waals surface area contributed by atoms with Crippen LogP contribution in [0.4, 0.5) is 5.69 Å². The van der Waals surface area contributed by atoms with Crippen LogP contribution in [-0.4, -0.2) is 38.8 Å². The SMILES string of the molecule is COc1ccc(NC(=O)c2cccc(-c3ccc(S(=O)(=O)N4CCCC4)s3)c2)cc1Cl. The predicted octanol–water partition coefficient (Wildman–Crippen LogP) is 5.11. The van der Waals surface area contributed by atoms with E-state index in [0.29, 0.717) is 39.3 Å². The number of anilines is 1. The minimum Gasteiger partial charge on any atom is -0.495 e. The largest absolute Gasteiger partial charge is 0.495 e. The van der Waals surface area contributed by atoms with Crippen LogP contribution in [0.15, 0.2) is 58.8 Å². The Balaban J connectivity index is 1.54. The number of benzene rings is 2. The summed E-state index contributed by atoms with van der Waals surface area (Å²) in [5.74, 6) is 0.239. The summed E-state index contributed by atoms with van der Waals surface area (Å²) in [6.45, 7) is 1.14. The average Bonchev–Trinajstić information content (AvgIpc) is 3.47. The van der Waals surface area contributed by atoms with Crippen molar-refractivity contribution in [3.8, 4) is 16.2 Å². The molecule has 3 aromatic rings. The lowest BCUT2D eigenvalue weighted by molar-refractivity contribution is 0.102. The number of halogens is 1. The second-order valence-electron chi connectivity index (χ2n) is 7.11. The smallest absolute Gasteiger partial charge is 0.255 e. The summed E-state index contributed by atoms with van der Waals surface area (Å²) in [5, 5.41) is 3.22. The molecule has 1 aromatic heterocycles. The molecule has 0 aliphatic carbocycles. The number of thiophene rings is 1. The van der Waals surface area contributed by atoms with Gasteiger partial charge in [-0.1, -0.05) is 23.7 Å². The zero-order valence-electron chi connectivity index (χ0n) is 16.8. The number of carbonyl (C=O) groups excluding carboxylic acids is 1. The monoisotopic (exact) mass is 476 g/mol. The molecule has 31 heavy (non-hydrogen) atoms. The highest BCUT2D eigenvalue weighted by molar-refractivity contribution is 7.91. The first-order valence-electron chi connectivity index (χ1n) is 9.74. The Hall–Kier alpha value is -2.39. The molecule has 2 aromatic carbocycles. The van der Waals surface area contributed by atoms with Crippen molar-refractivity contribution in [1.82, 2.24) is 4.31 Å². The Kier molecular flexibility index (Phi) is 6.34. The molecule has 0 unspecified atom stereocenters.